The Hall–Kier alpha value is -4.63. The van der Waals surface area contributed by atoms with Crippen LogP contribution in [0.15, 0.2) is 121 Å². The van der Waals surface area contributed by atoms with Crippen LogP contribution in [-0.2, 0) is 14.3 Å². The highest BCUT2D eigenvalue weighted by molar-refractivity contribution is 7.87. The summed E-state index contributed by atoms with van der Waals surface area (Å²) in [4.78, 5) is 4.89. The van der Waals surface area contributed by atoms with Crippen molar-refractivity contribution in [2.45, 2.75) is 12.4 Å². The van der Waals surface area contributed by atoms with Crippen LogP contribution >= 0.6 is 0 Å². The SMILES string of the molecule is C/C=C(\C=C/c1cccc(-c2ccc(-c3nc4ccccc4n3-c3ccccc3)cc2)c1)OS(=O)(=O)C(F)(F)F. The van der Waals surface area contributed by atoms with Gasteiger partial charge in [-0.15, -0.1) is 0 Å². The maximum atomic E-state index is 12.7. The largest absolute Gasteiger partial charge is 0.534 e. The van der Waals surface area contributed by atoms with Crippen LogP contribution in [0.2, 0.25) is 0 Å². The van der Waals surface area contributed by atoms with E-state index < -0.39 is 21.4 Å². The van der Waals surface area contributed by atoms with Crippen LogP contribution in [0.5, 0.6) is 0 Å². The van der Waals surface area contributed by atoms with Crippen molar-refractivity contribution in [3.8, 4) is 28.2 Å². The van der Waals surface area contributed by atoms with Gasteiger partial charge >= 0.3 is 15.6 Å². The first-order valence-electron chi connectivity index (χ1n) is 12.3. The van der Waals surface area contributed by atoms with Crippen LogP contribution in [0.1, 0.15) is 12.5 Å². The van der Waals surface area contributed by atoms with Gasteiger partial charge in [-0.05, 0) is 66.1 Å². The number of alkyl halides is 3. The molecule has 5 nitrogen and oxygen atoms in total. The predicted octanol–water partition coefficient (Wildman–Crippen LogP) is 8.14. The summed E-state index contributed by atoms with van der Waals surface area (Å²) < 4.78 is 67.0. The lowest BCUT2D eigenvalue weighted by Crippen LogP contribution is -2.25. The minimum Gasteiger partial charge on any atom is -0.376 e. The molecular weight excluding hydrogens is 537 g/mol. The molecule has 0 aliphatic carbocycles. The lowest BCUT2D eigenvalue weighted by atomic mass is 10.0. The molecule has 0 aliphatic heterocycles. The molecule has 1 aromatic heterocycles. The van der Waals surface area contributed by atoms with E-state index in [1.807, 2.05) is 91.0 Å². The van der Waals surface area contributed by atoms with Gasteiger partial charge in [0.15, 0.2) is 0 Å². The van der Waals surface area contributed by atoms with Gasteiger partial charge in [0, 0.05) is 11.3 Å². The number of benzene rings is 4. The molecule has 1 heterocycles. The number of para-hydroxylation sites is 3. The smallest absolute Gasteiger partial charge is 0.376 e. The summed E-state index contributed by atoms with van der Waals surface area (Å²) in [7, 11) is -5.75. The molecule has 0 N–H and O–H groups in total. The fourth-order valence-corrected chi connectivity index (χ4v) is 4.72. The third kappa shape index (κ3) is 5.55. The zero-order valence-corrected chi connectivity index (χ0v) is 22.0. The second-order valence-corrected chi connectivity index (χ2v) is 10.3. The second kappa shape index (κ2) is 10.9. The maximum Gasteiger partial charge on any atom is 0.534 e. The van der Waals surface area contributed by atoms with Crippen molar-refractivity contribution in [1.29, 1.82) is 0 Å². The molecule has 0 aliphatic rings. The highest BCUT2D eigenvalue weighted by atomic mass is 32.2. The van der Waals surface area contributed by atoms with Crippen molar-refractivity contribution in [3.63, 3.8) is 0 Å². The summed E-state index contributed by atoms with van der Waals surface area (Å²) in [6.07, 6.45) is 3.81. The fourth-order valence-electron chi connectivity index (χ4n) is 4.22. The van der Waals surface area contributed by atoms with E-state index in [2.05, 4.69) is 8.75 Å². The van der Waals surface area contributed by atoms with E-state index in [4.69, 9.17) is 4.98 Å². The number of halogens is 3. The van der Waals surface area contributed by atoms with Crippen LogP contribution in [0, 0.1) is 0 Å². The zero-order valence-electron chi connectivity index (χ0n) is 21.2. The summed E-state index contributed by atoms with van der Waals surface area (Å²) in [5.74, 6) is 0.372. The molecule has 4 aromatic carbocycles. The molecule has 0 amide bonds. The third-order valence-electron chi connectivity index (χ3n) is 6.15. The number of allylic oxidation sites excluding steroid dienone is 2. The third-order valence-corrected chi connectivity index (χ3v) is 7.13. The minimum atomic E-state index is -5.75. The van der Waals surface area contributed by atoms with Gasteiger partial charge in [-0.3, -0.25) is 4.57 Å². The number of rotatable bonds is 7. The Labute approximate surface area is 229 Å². The van der Waals surface area contributed by atoms with Crippen molar-refractivity contribution in [2.24, 2.45) is 0 Å². The monoisotopic (exact) mass is 560 g/mol. The molecular formula is C31H23F3N2O3S. The molecule has 0 saturated heterocycles. The Morgan fingerprint density at radius 3 is 2.20 bits per heavy atom. The fraction of sp³-hybridized carbons (Fsp3) is 0.0645. The first-order chi connectivity index (χ1) is 19.2. The van der Waals surface area contributed by atoms with Crippen LogP contribution in [0.3, 0.4) is 0 Å². The lowest BCUT2D eigenvalue weighted by molar-refractivity contribution is -0.0519. The van der Waals surface area contributed by atoms with Crippen molar-refractivity contribution in [2.75, 3.05) is 0 Å². The average molecular weight is 561 g/mol. The second-order valence-electron chi connectivity index (χ2n) is 8.81. The molecule has 9 heteroatoms. The number of nitrogens with zero attached hydrogens (tertiary/aromatic N) is 2. The summed E-state index contributed by atoms with van der Waals surface area (Å²) in [5.41, 5.74) is 0.756. The minimum absolute atomic E-state index is 0.437. The van der Waals surface area contributed by atoms with E-state index in [1.165, 1.54) is 19.1 Å². The molecule has 0 saturated carbocycles. The summed E-state index contributed by atoms with van der Waals surface area (Å²) in [6.45, 7) is 1.38. The zero-order chi connectivity index (χ0) is 28.3. The molecule has 5 aromatic rings. The van der Waals surface area contributed by atoms with Crippen molar-refractivity contribution >= 4 is 27.2 Å². The number of aromatic nitrogens is 2. The van der Waals surface area contributed by atoms with Crippen molar-refractivity contribution < 1.29 is 25.8 Å². The molecule has 5 rings (SSSR count). The Kier molecular flexibility index (Phi) is 7.32. The molecule has 0 unspecified atom stereocenters. The molecule has 0 radical (unpaired) electrons. The standard InChI is InChI=1S/C31H23F3N2O3S/c1-2-27(39-40(37,38)31(32,33)34)20-15-22-9-8-10-25(21-22)23-16-18-24(19-17-23)30-35-28-13-6-7-14-29(28)36(30)26-11-4-3-5-12-26/h2-21H,1H3/b20-15-,27-2+. The van der Waals surface area contributed by atoms with Crippen LogP contribution in [0.25, 0.3) is 45.3 Å². The first-order valence-corrected chi connectivity index (χ1v) is 13.7. The van der Waals surface area contributed by atoms with E-state index in [0.29, 0.717) is 5.56 Å². The predicted molar refractivity (Wildman–Crippen MR) is 151 cm³/mol. The molecule has 40 heavy (non-hydrogen) atoms. The van der Waals surface area contributed by atoms with Crippen LogP contribution in [-0.4, -0.2) is 23.5 Å². The van der Waals surface area contributed by atoms with E-state index >= 15 is 0 Å². The van der Waals surface area contributed by atoms with E-state index in [9.17, 15) is 21.6 Å². The van der Waals surface area contributed by atoms with E-state index in [-0.39, 0.29) is 0 Å². The summed E-state index contributed by atoms with van der Waals surface area (Å²) in [6, 6.07) is 33.2. The lowest BCUT2D eigenvalue weighted by Gasteiger charge is -2.10. The van der Waals surface area contributed by atoms with Gasteiger partial charge in [0.05, 0.1) is 11.0 Å². The Morgan fingerprint density at radius 2 is 1.50 bits per heavy atom. The number of hydrogen-bond donors (Lipinski definition) is 0. The van der Waals surface area contributed by atoms with Crippen LogP contribution < -0.4 is 0 Å². The highest BCUT2D eigenvalue weighted by Gasteiger charge is 2.48. The molecule has 0 spiro atoms. The van der Waals surface area contributed by atoms with E-state index in [0.717, 1.165) is 45.3 Å². The quantitative estimate of drug-likeness (QED) is 0.0873. The van der Waals surface area contributed by atoms with Gasteiger partial charge in [0.1, 0.15) is 11.6 Å². The Morgan fingerprint density at radius 1 is 0.825 bits per heavy atom. The number of hydrogen-bond acceptors (Lipinski definition) is 4. The normalized spacial score (nSPS) is 12.8. The maximum absolute atomic E-state index is 12.7. The van der Waals surface area contributed by atoms with Gasteiger partial charge in [-0.1, -0.05) is 78.9 Å². The van der Waals surface area contributed by atoms with Crippen LogP contribution in [0.4, 0.5) is 13.2 Å². The number of fused-ring (bicyclic) bond motifs is 1. The molecule has 0 fully saturated rings. The van der Waals surface area contributed by atoms with E-state index in [1.54, 1.807) is 12.1 Å². The average Bonchev–Trinajstić information content (AvgIpc) is 3.35. The highest BCUT2D eigenvalue weighted by Crippen LogP contribution is 2.31. The Bertz CT molecular complexity index is 1820. The van der Waals surface area contributed by atoms with Gasteiger partial charge in [-0.2, -0.15) is 21.6 Å². The summed E-state index contributed by atoms with van der Waals surface area (Å²) in [5, 5.41) is 0. The Balaban J connectivity index is 1.42. The van der Waals surface area contributed by atoms with Crippen molar-refractivity contribution in [3.05, 3.63) is 127 Å². The van der Waals surface area contributed by atoms with Gasteiger partial charge in [0.2, 0.25) is 0 Å². The molecule has 202 valence electrons. The van der Waals surface area contributed by atoms with Gasteiger partial charge < -0.3 is 4.18 Å². The first kappa shape index (κ1) is 27.0. The van der Waals surface area contributed by atoms with Gasteiger partial charge in [-0.25, -0.2) is 4.98 Å². The number of imidazole rings is 1. The van der Waals surface area contributed by atoms with Gasteiger partial charge in [0.25, 0.3) is 0 Å². The summed E-state index contributed by atoms with van der Waals surface area (Å²) >= 11 is 0. The topological polar surface area (TPSA) is 61.2 Å². The molecule has 0 bridgehead atoms. The molecule has 0 atom stereocenters. The van der Waals surface area contributed by atoms with Crippen molar-refractivity contribution in [1.82, 2.24) is 9.55 Å².